The van der Waals surface area contributed by atoms with Crippen molar-refractivity contribution in [2.75, 3.05) is 189 Å². The minimum absolute atomic E-state index is 0.202. The van der Waals surface area contributed by atoms with Crippen molar-refractivity contribution in [2.45, 2.75) is 79.5 Å². The number of hydrogen-bond acceptors (Lipinski definition) is 33. The molecule has 105 heavy (non-hydrogen) atoms. The molecule has 0 aliphatic carbocycles. The predicted molar refractivity (Wildman–Crippen MR) is 402 cm³/mol. The molecule has 0 aromatic carbocycles. The molecule has 9 N–H and O–H groups in total. The first-order valence-corrected chi connectivity index (χ1v) is 37.9. The van der Waals surface area contributed by atoms with E-state index >= 15 is 0 Å². The third-order valence-electron chi connectivity index (χ3n) is 19.5. The topological polar surface area (TPSA) is 401 Å². The number of carbonyl (C=O) groups excluding carboxylic acids is 3. The highest BCUT2D eigenvalue weighted by Gasteiger charge is 2.32. The maximum absolute atomic E-state index is 12.1. The molecule has 6 fully saturated rings. The number of fused-ring (bicyclic) bond motifs is 3. The molecule has 6 aliphatic rings. The van der Waals surface area contributed by atoms with E-state index in [1.807, 2.05) is 0 Å². The van der Waals surface area contributed by atoms with Crippen molar-refractivity contribution in [1.29, 1.82) is 0 Å². The molecule has 36 heteroatoms. The number of morpholine rings is 3. The molecule has 3 atom stereocenters. The molecule has 9 aromatic heterocycles. The number of piperazine rings is 3. The van der Waals surface area contributed by atoms with Gasteiger partial charge in [-0.15, -0.1) is 34.0 Å². The van der Waals surface area contributed by atoms with Crippen LogP contribution in [-0.4, -0.2) is 298 Å². The van der Waals surface area contributed by atoms with Gasteiger partial charge in [-0.05, 0) is 58.2 Å². The van der Waals surface area contributed by atoms with Gasteiger partial charge < -0.3 is 76.1 Å². The molecule has 9 aromatic rings. The molecule has 15 rings (SSSR count). The lowest BCUT2D eigenvalue weighted by Gasteiger charge is -2.35. The molecular weight excluding hydrogens is 1410 g/mol. The number of aromatic nitrogens is 12. The Labute approximate surface area is 619 Å². The van der Waals surface area contributed by atoms with Crippen molar-refractivity contribution in [2.24, 2.45) is 0 Å². The van der Waals surface area contributed by atoms with Gasteiger partial charge in [0.15, 0.2) is 34.9 Å². The van der Waals surface area contributed by atoms with Crippen LogP contribution in [0.3, 0.4) is 0 Å². The lowest BCUT2D eigenvalue weighted by molar-refractivity contribution is -0.141. The second kappa shape index (κ2) is 33.3. The quantitative estimate of drug-likeness (QED) is 0.0859. The summed E-state index contributed by atoms with van der Waals surface area (Å²) in [5, 5.41) is 28.8. The number of thiophene rings is 3. The number of ether oxygens (including phenoxy) is 3. The normalized spacial score (nSPS) is 18.3. The highest BCUT2D eigenvalue weighted by molar-refractivity contribution is 7.20. The van der Waals surface area contributed by atoms with Crippen molar-refractivity contribution in [3.63, 3.8) is 0 Å². The van der Waals surface area contributed by atoms with Gasteiger partial charge in [-0.2, -0.15) is 0 Å². The van der Waals surface area contributed by atoms with E-state index in [9.17, 15) is 29.7 Å². The van der Waals surface area contributed by atoms with Gasteiger partial charge in [0.1, 0.15) is 18.3 Å². The maximum Gasteiger partial charge on any atom is 0.251 e. The van der Waals surface area contributed by atoms with Crippen LogP contribution in [0.15, 0.2) is 37.2 Å². The predicted octanol–water partition coefficient (Wildman–Crippen LogP) is 2.70. The summed E-state index contributed by atoms with van der Waals surface area (Å²) in [6, 6.07) is 0. The first kappa shape index (κ1) is 74.5. The summed E-state index contributed by atoms with van der Waals surface area (Å²) in [5.74, 6) is 4.52. The molecule has 33 nitrogen and oxygen atoms in total. The largest absolute Gasteiger partial charge is 0.384 e. The molecule has 6 aliphatic heterocycles. The van der Waals surface area contributed by atoms with E-state index in [-0.39, 0.29) is 35.6 Å². The molecule has 0 radical (unpaired) electrons. The summed E-state index contributed by atoms with van der Waals surface area (Å²) in [6.07, 6.45) is 7.07. The van der Waals surface area contributed by atoms with E-state index in [1.165, 1.54) is 35.4 Å². The number of nitrogens with zero attached hydrogens (tertiary/aromatic N) is 21. The van der Waals surface area contributed by atoms with E-state index < -0.39 is 18.3 Å². The SMILES string of the molecule is Cc1c(CN2CCN(C(=O)[C@H](C)O)CC2)sc2c(N3CCOCC3)nc(-c3cnc(N)nc3)nc12.Cc1c(CN2CCN(C(=O)[C@H](C)O)CC2)sc2c(N3CCOCC3)nc(-c3cnc(N)nc3)nc12.Cc1c(CN2CCN(C(=O)[C@H](C)O)CC2)sc2c(N3CCOCC3)nc(-c3cnc(N)nc3)nc12. The lowest BCUT2D eigenvalue weighted by Crippen LogP contribution is -2.50. The summed E-state index contributed by atoms with van der Waals surface area (Å²) in [6.45, 7) is 30.2. The highest BCUT2D eigenvalue weighted by Crippen LogP contribution is 2.42. The van der Waals surface area contributed by atoms with E-state index in [4.69, 9.17) is 61.3 Å². The second-order valence-electron chi connectivity index (χ2n) is 26.7. The number of rotatable bonds is 15. The highest BCUT2D eigenvalue weighted by atomic mass is 32.1. The third-order valence-corrected chi connectivity index (χ3v) is 23.3. The summed E-state index contributed by atoms with van der Waals surface area (Å²) < 4.78 is 19.9. The lowest BCUT2D eigenvalue weighted by atomic mass is 10.2. The Kier molecular flexibility index (Phi) is 23.6. The van der Waals surface area contributed by atoms with Crippen LogP contribution in [0, 0.1) is 20.8 Å². The third kappa shape index (κ3) is 17.2. The van der Waals surface area contributed by atoms with Crippen LogP contribution in [0.5, 0.6) is 0 Å². The number of amides is 3. The van der Waals surface area contributed by atoms with E-state index in [0.29, 0.717) is 96.4 Å². The Morgan fingerprint density at radius 3 is 0.829 bits per heavy atom. The van der Waals surface area contributed by atoms with Gasteiger partial charge >= 0.3 is 0 Å². The van der Waals surface area contributed by atoms with Gasteiger partial charge in [0.05, 0.1) is 87.0 Å². The van der Waals surface area contributed by atoms with Gasteiger partial charge in [-0.25, -0.2) is 59.8 Å². The summed E-state index contributed by atoms with van der Waals surface area (Å²) in [5.41, 5.74) is 25.4. The Morgan fingerprint density at radius 1 is 0.381 bits per heavy atom. The van der Waals surface area contributed by atoms with Crippen LogP contribution < -0.4 is 31.9 Å². The van der Waals surface area contributed by atoms with Gasteiger partial charge in [0.2, 0.25) is 17.8 Å². The average Bonchev–Trinajstić information content (AvgIpc) is 1.66. The zero-order chi connectivity index (χ0) is 73.6. The van der Waals surface area contributed by atoms with Crippen molar-refractivity contribution in [3.05, 3.63) is 68.5 Å². The fourth-order valence-electron chi connectivity index (χ4n) is 13.3. The number of anilines is 6. The van der Waals surface area contributed by atoms with Crippen LogP contribution in [-0.2, 0) is 48.2 Å². The smallest absolute Gasteiger partial charge is 0.251 e. The monoisotopic (exact) mass is 1490 g/mol. The number of carbonyl (C=O) groups is 3. The molecule has 6 saturated heterocycles. The van der Waals surface area contributed by atoms with Crippen LogP contribution in [0.4, 0.5) is 35.3 Å². The van der Waals surface area contributed by atoms with Crippen LogP contribution in [0.2, 0.25) is 0 Å². The molecule has 558 valence electrons. The van der Waals surface area contributed by atoms with E-state index in [0.717, 1.165) is 180 Å². The number of hydrogen-bond donors (Lipinski definition) is 6. The summed E-state index contributed by atoms with van der Waals surface area (Å²) >= 11 is 5.21. The number of aliphatic hydroxyl groups excluding tert-OH is 3. The Hall–Kier alpha value is -8.79. The number of nitrogens with two attached hydrogens (primary N) is 3. The first-order valence-electron chi connectivity index (χ1n) is 35.4. The summed E-state index contributed by atoms with van der Waals surface area (Å²) in [4.78, 5) is 113. The molecule has 0 spiro atoms. The zero-order valence-electron chi connectivity index (χ0n) is 59.9. The maximum atomic E-state index is 12.1. The van der Waals surface area contributed by atoms with Crippen LogP contribution in [0.25, 0.3) is 64.8 Å². The minimum Gasteiger partial charge on any atom is -0.384 e. The second-order valence-corrected chi connectivity index (χ2v) is 30.0. The molecule has 15 heterocycles. The molecule has 0 bridgehead atoms. The summed E-state index contributed by atoms with van der Waals surface area (Å²) in [7, 11) is 0. The van der Waals surface area contributed by atoms with E-state index in [2.05, 4.69) is 80.1 Å². The van der Waals surface area contributed by atoms with Crippen molar-refractivity contribution < 1.29 is 43.9 Å². The van der Waals surface area contributed by atoms with Crippen molar-refractivity contribution in [3.8, 4) is 34.2 Å². The van der Waals surface area contributed by atoms with Crippen LogP contribution in [0.1, 0.15) is 52.1 Å². The van der Waals surface area contributed by atoms with Gasteiger partial charge in [-0.1, -0.05) is 0 Å². The average molecular weight is 1500 g/mol. The Morgan fingerprint density at radius 2 is 0.610 bits per heavy atom. The Balaban J connectivity index is 0.000000140. The van der Waals surface area contributed by atoms with Gasteiger partial charge in [-0.3, -0.25) is 29.1 Å². The molecule has 0 saturated carbocycles. The van der Waals surface area contributed by atoms with Gasteiger partial charge in [0, 0.05) is 189 Å². The fourth-order valence-corrected chi connectivity index (χ4v) is 17.2. The molecular formula is C69H90N24O9S3. The number of aryl methyl sites for hydroxylation is 3. The van der Waals surface area contributed by atoms with Gasteiger partial charge in [0.25, 0.3) is 17.7 Å². The fraction of sp³-hybridized carbons (Fsp3) is 0.522. The van der Waals surface area contributed by atoms with Crippen LogP contribution >= 0.6 is 34.0 Å². The standard InChI is InChI=1S/3C23H30N8O3S/c3*1-14-17(13-29-3-5-31(6-4-29)22(33)15(2)32)35-19-18(14)27-20(16-11-25-23(24)26-12-16)28-21(19)30-7-9-34-10-8-30/h3*11-12,15,32H,3-10,13H2,1-2H3,(H2,24,25,26)/t3*15-/m000/s1. The molecule has 0 unspecified atom stereocenters. The first-order chi connectivity index (χ1) is 50.7. The molecule has 3 amide bonds. The number of aliphatic hydroxyl groups is 3. The minimum atomic E-state index is -0.954. The van der Waals surface area contributed by atoms with Crippen molar-refractivity contribution >= 4 is 118 Å². The van der Waals surface area contributed by atoms with Crippen molar-refractivity contribution in [1.82, 2.24) is 89.2 Å². The zero-order valence-corrected chi connectivity index (χ0v) is 62.4. The Bertz CT molecular complexity index is 4060. The number of nitrogen functional groups attached to an aromatic ring is 3. The van der Waals surface area contributed by atoms with E-state index in [1.54, 1.807) is 85.9 Å².